The maximum Gasteiger partial charge on any atom is 0.287 e. The summed E-state index contributed by atoms with van der Waals surface area (Å²) in [6.07, 6.45) is 1.95. The molecule has 0 aliphatic rings. The molecule has 1 N–H and O–H groups in total. The Hall–Kier alpha value is -4.39. The highest BCUT2D eigenvalue weighted by Crippen LogP contribution is 2.24. The van der Waals surface area contributed by atoms with Gasteiger partial charge in [-0.2, -0.15) is 10.2 Å². The smallest absolute Gasteiger partial charge is 0.287 e. The standard InChI is InChI=1S/C27H25N5O2/c1-19-15-20(2)31(29-19)18-24-13-14-25(34-24)27(33)28-16-22-17-32(23-11-7-4-8-12-23)30-26(22)21-9-5-3-6-10-21/h3-15,17H,16,18H2,1-2H3,(H,28,33). The van der Waals surface area contributed by atoms with Crippen molar-refractivity contribution in [2.24, 2.45) is 0 Å². The molecule has 0 fully saturated rings. The predicted molar refractivity (Wildman–Crippen MR) is 130 cm³/mol. The van der Waals surface area contributed by atoms with E-state index in [1.54, 1.807) is 6.07 Å². The third kappa shape index (κ3) is 4.54. The first-order valence-electron chi connectivity index (χ1n) is 11.1. The van der Waals surface area contributed by atoms with Gasteiger partial charge in [-0.3, -0.25) is 9.48 Å². The van der Waals surface area contributed by atoms with Gasteiger partial charge in [0.2, 0.25) is 0 Å². The monoisotopic (exact) mass is 451 g/mol. The highest BCUT2D eigenvalue weighted by atomic mass is 16.4. The molecule has 170 valence electrons. The zero-order chi connectivity index (χ0) is 23.5. The van der Waals surface area contributed by atoms with Gasteiger partial charge in [0.1, 0.15) is 5.76 Å². The molecule has 1 amide bonds. The molecule has 7 heteroatoms. The minimum atomic E-state index is -0.272. The largest absolute Gasteiger partial charge is 0.454 e. The SMILES string of the molecule is Cc1cc(C)n(Cc2ccc(C(=O)NCc3cn(-c4ccccc4)nc3-c3ccccc3)o2)n1. The zero-order valence-corrected chi connectivity index (χ0v) is 19.1. The van der Waals surface area contributed by atoms with Crippen molar-refractivity contribution in [3.05, 3.63) is 114 Å². The van der Waals surface area contributed by atoms with Gasteiger partial charge in [-0.1, -0.05) is 48.5 Å². The lowest BCUT2D eigenvalue weighted by Crippen LogP contribution is -2.22. The Kier molecular flexibility index (Phi) is 5.82. The number of carbonyl (C=O) groups excluding carboxylic acids is 1. The molecular formula is C27H25N5O2. The van der Waals surface area contributed by atoms with E-state index in [-0.39, 0.29) is 11.7 Å². The van der Waals surface area contributed by atoms with Crippen LogP contribution in [0.1, 0.15) is 33.3 Å². The second-order valence-electron chi connectivity index (χ2n) is 8.18. The van der Waals surface area contributed by atoms with Crippen molar-refractivity contribution in [3.8, 4) is 16.9 Å². The average molecular weight is 452 g/mol. The van der Waals surface area contributed by atoms with Gasteiger partial charge in [-0.25, -0.2) is 4.68 Å². The van der Waals surface area contributed by atoms with E-state index in [9.17, 15) is 4.79 Å². The molecule has 3 heterocycles. The van der Waals surface area contributed by atoms with Gasteiger partial charge >= 0.3 is 0 Å². The van der Waals surface area contributed by atoms with Crippen LogP contribution >= 0.6 is 0 Å². The zero-order valence-electron chi connectivity index (χ0n) is 19.1. The normalized spacial score (nSPS) is 11.0. The minimum Gasteiger partial charge on any atom is -0.454 e. The summed E-state index contributed by atoms with van der Waals surface area (Å²) in [5.41, 5.74) is 5.69. The van der Waals surface area contributed by atoms with Crippen molar-refractivity contribution in [1.29, 1.82) is 0 Å². The highest BCUT2D eigenvalue weighted by molar-refractivity contribution is 5.91. The molecule has 0 saturated heterocycles. The first-order chi connectivity index (χ1) is 16.6. The summed E-state index contributed by atoms with van der Waals surface area (Å²) in [7, 11) is 0. The number of para-hydroxylation sites is 1. The van der Waals surface area contributed by atoms with E-state index < -0.39 is 0 Å². The molecule has 0 aliphatic heterocycles. The molecule has 0 bridgehead atoms. The summed E-state index contributed by atoms with van der Waals surface area (Å²) in [5.74, 6) is 0.678. The molecule has 3 aromatic heterocycles. The molecular weight excluding hydrogens is 426 g/mol. The van der Waals surface area contributed by atoms with Gasteiger partial charge in [0.15, 0.2) is 5.76 Å². The Balaban J connectivity index is 1.33. The van der Waals surface area contributed by atoms with Crippen LogP contribution in [0, 0.1) is 13.8 Å². The maximum absolute atomic E-state index is 12.8. The number of furan rings is 1. The molecule has 34 heavy (non-hydrogen) atoms. The molecule has 0 radical (unpaired) electrons. The van der Waals surface area contributed by atoms with Crippen molar-refractivity contribution >= 4 is 5.91 Å². The van der Waals surface area contributed by atoms with E-state index >= 15 is 0 Å². The Bertz CT molecular complexity index is 1410. The van der Waals surface area contributed by atoms with Crippen LogP contribution in [0.5, 0.6) is 0 Å². The second-order valence-corrected chi connectivity index (χ2v) is 8.18. The molecule has 0 unspecified atom stereocenters. The number of benzene rings is 2. The first-order valence-corrected chi connectivity index (χ1v) is 11.1. The van der Waals surface area contributed by atoms with Crippen LogP contribution in [-0.2, 0) is 13.1 Å². The van der Waals surface area contributed by atoms with Crippen LogP contribution in [0.25, 0.3) is 16.9 Å². The van der Waals surface area contributed by atoms with Gasteiger partial charge in [0.25, 0.3) is 5.91 Å². The van der Waals surface area contributed by atoms with Gasteiger partial charge < -0.3 is 9.73 Å². The minimum absolute atomic E-state index is 0.272. The quantitative estimate of drug-likeness (QED) is 0.381. The lowest BCUT2D eigenvalue weighted by Gasteiger charge is -2.05. The highest BCUT2D eigenvalue weighted by Gasteiger charge is 2.16. The number of hydrogen-bond acceptors (Lipinski definition) is 4. The van der Waals surface area contributed by atoms with Crippen molar-refractivity contribution in [3.63, 3.8) is 0 Å². The van der Waals surface area contributed by atoms with E-state index in [1.807, 2.05) is 102 Å². The fourth-order valence-electron chi connectivity index (χ4n) is 3.92. The van der Waals surface area contributed by atoms with Crippen molar-refractivity contribution in [2.75, 3.05) is 0 Å². The molecule has 0 aliphatic carbocycles. The van der Waals surface area contributed by atoms with Crippen LogP contribution < -0.4 is 5.32 Å². The van der Waals surface area contributed by atoms with Gasteiger partial charge in [-0.05, 0) is 44.2 Å². The van der Waals surface area contributed by atoms with E-state index in [1.165, 1.54) is 0 Å². The summed E-state index contributed by atoms with van der Waals surface area (Å²) < 4.78 is 9.50. The number of nitrogens with zero attached hydrogens (tertiary/aromatic N) is 4. The Morgan fingerprint density at radius 2 is 1.68 bits per heavy atom. The number of carbonyl (C=O) groups is 1. The third-order valence-corrected chi connectivity index (χ3v) is 5.59. The molecule has 2 aromatic carbocycles. The topological polar surface area (TPSA) is 77.9 Å². The van der Waals surface area contributed by atoms with Crippen molar-refractivity contribution < 1.29 is 9.21 Å². The van der Waals surface area contributed by atoms with E-state index in [0.717, 1.165) is 33.9 Å². The van der Waals surface area contributed by atoms with Crippen molar-refractivity contribution in [2.45, 2.75) is 26.9 Å². The fourth-order valence-corrected chi connectivity index (χ4v) is 3.92. The molecule has 0 saturated carbocycles. The number of rotatable bonds is 7. The average Bonchev–Trinajstić information content (AvgIpc) is 3.58. The Morgan fingerprint density at radius 3 is 2.38 bits per heavy atom. The Morgan fingerprint density at radius 1 is 0.941 bits per heavy atom. The second kappa shape index (κ2) is 9.23. The Labute approximate surface area is 197 Å². The summed E-state index contributed by atoms with van der Waals surface area (Å²) in [5, 5.41) is 12.2. The lowest BCUT2D eigenvalue weighted by atomic mass is 10.1. The van der Waals surface area contributed by atoms with E-state index in [4.69, 9.17) is 9.52 Å². The first kappa shape index (κ1) is 21.5. The van der Waals surface area contributed by atoms with E-state index in [2.05, 4.69) is 10.4 Å². The summed E-state index contributed by atoms with van der Waals surface area (Å²) in [4.78, 5) is 12.8. The molecule has 0 spiro atoms. The third-order valence-electron chi connectivity index (χ3n) is 5.59. The van der Waals surface area contributed by atoms with Crippen LogP contribution in [0.4, 0.5) is 0 Å². The molecule has 5 rings (SSSR count). The predicted octanol–water partition coefficient (Wildman–Crippen LogP) is 4.92. The van der Waals surface area contributed by atoms with Gasteiger partial charge in [0.05, 0.1) is 23.6 Å². The number of hydrogen-bond donors (Lipinski definition) is 1. The molecule has 0 atom stereocenters. The van der Waals surface area contributed by atoms with Crippen LogP contribution in [-0.4, -0.2) is 25.5 Å². The summed E-state index contributed by atoms with van der Waals surface area (Å²) in [6, 6.07) is 25.4. The van der Waals surface area contributed by atoms with Crippen LogP contribution in [0.2, 0.25) is 0 Å². The maximum atomic E-state index is 12.8. The number of amides is 1. The van der Waals surface area contributed by atoms with Crippen LogP contribution in [0.3, 0.4) is 0 Å². The van der Waals surface area contributed by atoms with Crippen LogP contribution in [0.15, 0.2) is 89.5 Å². The number of nitrogens with one attached hydrogen (secondary N) is 1. The summed E-state index contributed by atoms with van der Waals surface area (Å²) >= 11 is 0. The molecule has 7 nitrogen and oxygen atoms in total. The lowest BCUT2D eigenvalue weighted by molar-refractivity contribution is 0.0921. The molecule has 5 aromatic rings. The fraction of sp³-hybridized carbons (Fsp3) is 0.148. The van der Waals surface area contributed by atoms with Gasteiger partial charge in [0, 0.05) is 29.6 Å². The van der Waals surface area contributed by atoms with Gasteiger partial charge in [-0.15, -0.1) is 0 Å². The number of aromatic nitrogens is 4. The summed E-state index contributed by atoms with van der Waals surface area (Å²) in [6.45, 7) is 4.75. The number of aryl methyl sites for hydroxylation is 2. The van der Waals surface area contributed by atoms with E-state index in [0.29, 0.717) is 18.8 Å². The van der Waals surface area contributed by atoms with Crippen molar-refractivity contribution in [1.82, 2.24) is 24.9 Å².